The number of aromatic nitrogens is 3. The Labute approximate surface area is 110 Å². The van der Waals surface area contributed by atoms with E-state index in [0.29, 0.717) is 0 Å². The van der Waals surface area contributed by atoms with Crippen molar-refractivity contribution in [3.05, 3.63) is 77.7 Å². The van der Waals surface area contributed by atoms with E-state index in [9.17, 15) is 4.79 Å². The highest BCUT2D eigenvalue weighted by Gasteiger charge is 2.02. The first-order chi connectivity index (χ1) is 9.34. The standard InChI is InChI=1S/C15H11N3O/c19-15-3-1-2-8-18(15)14-9-13(10-17-11-14)12-4-6-16-7-5-12/h1-11H. The minimum absolute atomic E-state index is 0.0730. The Kier molecular flexibility index (Phi) is 2.90. The van der Waals surface area contributed by atoms with Gasteiger partial charge < -0.3 is 0 Å². The highest BCUT2D eigenvalue weighted by atomic mass is 16.1. The molecule has 4 nitrogen and oxygen atoms in total. The van der Waals surface area contributed by atoms with E-state index >= 15 is 0 Å². The third kappa shape index (κ3) is 2.28. The van der Waals surface area contributed by atoms with Gasteiger partial charge in [0.1, 0.15) is 0 Å². The zero-order valence-corrected chi connectivity index (χ0v) is 10.1. The van der Waals surface area contributed by atoms with Crippen molar-refractivity contribution in [1.29, 1.82) is 0 Å². The van der Waals surface area contributed by atoms with Crippen LogP contribution < -0.4 is 5.56 Å². The van der Waals surface area contributed by atoms with Crippen LogP contribution in [0.4, 0.5) is 0 Å². The average Bonchev–Trinajstić information content (AvgIpc) is 2.49. The molecule has 0 amide bonds. The van der Waals surface area contributed by atoms with Crippen LogP contribution in [-0.4, -0.2) is 14.5 Å². The molecule has 3 aromatic rings. The fourth-order valence-corrected chi connectivity index (χ4v) is 1.90. The fourth-order valence-electron chi connectivity index (χ4n) is 1.90. The molecule has 3 heterocycles. The second-order valence-electron chi connectivity index (χ2n) is 4.08. The zero-order valence-electron chi connectivity index (χ0n) is 10.1. The number of nitrogens with zero attached hydrogens (tertiary/aromatic N) is 3. The molecule has 0 atom stereocenters. The predicted molar refractivity (Wildman–Crippen MR) is 73.1 cm³/mol. The lowest BCUT2D eigenvalue weighted by Gasteiger charge is -2.07. The van der Waals surface area contributed by atoms with Gasteiger partial charge in [0, 0.05) is 36.4 Å². The van der Waals surface area contributed by atoms with E-state index in [0.717, 1.165) is 16.8 Å². The maximum atomic E-state index is 11.8. The molecule has 3 aromatic heterocycles. The lowest BCUT2D eigenvalue weighted by molar-refractivity contribution is 0.979. The summed E-state index contributed by atoms with van der Waals surface area (Å²) in [5.74, 6) is 0. The molecule has 0 spiro atoms. The Morgan fingerprint density at radius 1 is 0.895 bits per heavy atom. The summed E-state index contributed by atoms with van der Waals surface area (Å²) in [5.41, 5.74) is 2.65. The molecule has 92 valence electrons. The maximum Gasteiger partial charge on any atom is 0.255 e. The second-order valence-corrected chi connectivity index (χ2v) is 4.08. The van der Waals surface area contributed by atoms with Gasteiger partial charge in [-0.1, -0.05) is 6.07 Å². The Hall–Kier alpha value is -2.75. The van der Waals surface area contributed by atoms with Crippen molar-refractivity contribution in [2.45, 2.75) is 0 Å². The molecule has 0 aliphatic heterocycles. The molecule has 19 heavy (non-hydrogen) atoms. The van der Waals surface area contributed by atoms with E-state index < -0.39 is 0 Å². The molecule has 0 radical (unpaired) electrons. The second kappa shape index (κ2) is 4.86. The molecule has 3 rings (SSSR count). The molecular formula is C15H11N3O. The van der Waals surface area contributed by atoms with Gasteiger partial charge in [-0.3, -0.25) is 19.3 Å². The van der Waals surface area contributed by atoms with Gasteiger partial charge in [-0.25, -0.2) is 0 Å². The normalized spacial score (nSPS) is 10.3. The third-order valence-corrected chi connectivity index (χ3v) is 2.84. The molecule has 0 saturated carbocycles. The molecular weight excluding hydrogens is 238 g/mol. The monoisotopic (exact) mass is 249 g/mol. The summed E-state index contributed by atoms with van der Waals surface area (Å²) in [4.78, 5) is 20.0. The molecule has 0 saturated heterocycles. The molecule has 0 fully saturated rings. The van der Waals surface area contributed by atoms with Gasteiger partial charge in [0.05, 0.1) is 11.9 Å². The highest BCUT2D eigenvalue weighted by Crippen LogP contribution is 2.19. The Morgan fingerprint density at radius 3 is 2.53 bits per heavy atom. The molecule has 0 N–H and O–H groups in total. The Bertz CT molecular complexity index is 750. The Morgan fingerprint density at radius 2 is 1.74 bits per heavy atom. The van der Waals surface area contributed by atoms with Crippen LogP contribution >= 0.6 is 0 Å². The lowest BCUT2D eigenvalue weighted by Crippen LogP contribution is -2.15. The van der Waals surface area contributed by atoms with Crippen LogP contribution in [0.3, 0.4) is 0 Å². The first-order valence-electron chi connectivity index (χ1n) is 5.88. The molecule has 0 aromatic carbocycles. The van der Waals surface area contributed by atoms with Crippen molar-refractivity contribution in [3.8, 4) is 16.8 Å². The number of rotatable bonds is 2. The van der Waals surface area contributed by atoms with Gasteiger partial charge in [0.2, 0.25) is 0 Å². The minimum atomic E-state index is -0.0730. The van der Waals surface area contributed by atoms with Crippen molar-refractivity contribution < 1.29 is 0 Å². The van der Waals surface area contributed by atoms with E-state index in [1.54, 1.807) is 41.6 Å². The predicted octanol–water partition coefficient (Wildman–Crippen LogP) is 2.29. The van der Waals surface area contributed by atoms with Crippen molar-refractivity contribution in [3.63, 3.8) is 0 Å². The summed E-state index contributed by atoms with van der Waals surface area (Å²) >= 11 is 0. The summed E-state index contributed by atoms with van der Waals surface area (Å²) in [6.07, 6.45) is 8.64. The first-order valence-corrected chi connectivity index (χ1v) is 5.88. The molecule has 4 heteroatoms. The van der Waals surface area contributed by atoms with E-state index in [2.05, 4.69) is 9.97 Å². The fraction of sp³-hybridized carbons (Fsp3) is 0. The molecule has 0 bridgehead atoms. The van der Waals surface area contributed by atoms with E-state index in [1.165, 1.54) is 6.07 Å². The number of hydrogen-bond donors (Lipinski definition) is 0. The minimum Gasteiger partial charge on any atom is -0.283 e. The topological polar surface area (TPSA) is 47.8 Å². The smallest absolute Gasteiger partial charge is 0.255 e. The largest absolute Gasteiger partial charge is 0.283 e. The Balaban J connectivity index is 2.11. The quantitative estimate of drug-likeness (QED) is 0.700. The van der Waals surface area contributed by atoms with Crippen molar-refractivity contribution in [1.82, 2.24) is 14.5 Å². The van der Waals surface area contributed by atoms with Crippen LogP contribution in [0.2, 0.25) is 0 Å². The van der Waals surface area contributed by atoms with Crippen molar-refractivity contribution >= 4 is 0 Å². The van der Waals surface area contributed by atoms with Crippen molar-refractivity contribution in [2.24, 2.45) is 0 Å². The van der Waals surface area contributed by atoms with E-state index in [-0.39, 0.29) is 5.56 Å². The molecule has 0 aliphatic rings. The van der Waals surface area contributed by atoms with Crippen LogP contribution in [0.25, 0.3) is 16.8 Å². The van der Waals surface area contributed by atoms with Gasteiger partial charge in [0.15, 0.2) is 0 Å². The summed E-state index contributed by atoms with van der Waals surface area (Å²) in [6.45, 7) is 0. The van der Waals surface area contributed by atoms with Gasteiger partial charge in [-0.2, -0.15) is 0 Å². The summed E-state index contributed by atoms with van der Waals surface area (Å²) in [5, 5.41) is 0. The van der Waals surface area contributed by atoms with E-state index in [1.807, 2.05) is 24.3 Å². The maximum absolute atomic E-state index is 11.8. The molecule has 0 unspecified atom stereocenters. The van der Waals surface area contributed by atoms with Crippen LogP contribution in [0, 0.1) is 0 Å². The van der Waals surface area contributed by atoms with Gasteiger partial charge in [-0.15, -0.1) is 0 Å². The highest BCUT2D eigenvalue weighted by molar-refractivity contribution is 5.63. The molecule has 0 aliphatic carbocycles. The summed E-state index contributed by atoms with van der Waals surface area (Å²) < 4.78 is 1.57. The van der Waals surface area contributed by atoms with Gasteiger partial charge >= 0.3 is 0 Å². The van der Waals surface area contributed by atoms with Gasteiger partial charge in [-0.05, 0) is 29.8 Å². The van der Waals surface area contributed by atoms with Crippen LogP contribution in [0.15, 0.2) is 72.2 Å². The van der Waals surface area contributed by atoms with E-state index in [4.69, 9.17) is 0 Å². The van der Waals surface area contributed by atoms with Gasteiger partial charge in [0.25, 0.3) is 5.56 Å². The first kappa shape index (κ1) is 11.3. The summed E-state index contributed by atoms with van der Waals surface area (Å²) in [7, 11) is 0. The summed E-state index contributed by atoms with van der Waals surface area (Å²) in [6, 6.07) is 10.8. The SMILES string of the molecule is O=c1ccccn1-c1cncc(-c2ccncc2)c1. The van der Waals surface area contributed by atoms with Crippen LogP contribution in [0.1, 0.15) is 0 Å². The third-order valence-electron chi connectivity index (χ3n) is 2.84. The number of hydrogen-bond acceptors (Lipinski definition) is 3. The van der Waals surface area contributed by atoms with Crippen LogP contribution in [0.5, 0.6) is 0 Å². The number of pyridine rings is 3. The zero-order chi connectivity index (χ0) is 13.1. The van der Waals surface area contributed by atoms with Crippen molar-refractivity contribution in [2.75, 3.05) is 0 Å². The average molecular weight is 249 g/mol. The van der Waals surface area contributed by atoms with Crippen LogP contribution in [-0.2, 0) is 0 Å². The lowest BCUT2D eigenvalue weighted by atomic mass is 10.1.